The summed E-state index contributed by atoms with van der Waals surface area (Å²) < 4.78 is 20.8. The smallest absolute Gasteiger partial charge is 0.323 e. The van der Waals surface area contributed by atoms with Gasteiger partial charge in [-0.3, -0.25) is 14.9 Å². The summed E-state index contributed by atoms with van der Waals surface area (Å²) in [6.07, 6.45) is 4.10. The van der Waals surface area contributed by atoms with Gasteiger partial charge in [-0.05, 0) is 69.6 Å². The number of carbonyl (C=O) groups is 3. The number of benzene rings is 2. The molecule has 220 valence electrons. The lowest BCUT2D eigenvalue weighted by Crippen LogP contribution is -2.46. The Balaban J connectivity index is 1.16. The number of hydrogen-bond acceptors (Lipinski definition) is 6. The maximum Gasteiger partial charge on any atom is 0.323 e. The van der Waals surface area contributed by atoms with Crippen LogP contribution in [0, 0.1) is 11.2 Å². The number of piperidine rings is 1. The second kappa shape index (κ2) is 12.6. The van der Waals surface area contributed by atoms with Gasteiger partial charge in [-0.1, -0.05) is 30.3 Å². The van der Waals surface area contributed by atoms with E-state index in [1.807, 2.05) is 30.3 Å². The quantitative estimate of drug-likeness (QED) is 0.322. The minimum absolute atomic E-state index is 0.0471. The third-order valence-electron chi connectivity index (χ3n) is 7.86. The Morgan fingerprint density at radius 1 is 1.00 bits per heavy atom. The molecule has 1 aliphatic heterocycles. The van der Waals surface area contributed by atoms with Gasteiger partial charge < -0.3 is 25.2 Å². The summed E-state index contributed by atoms with van der Waals surface area (Å²) in [5, 5.41) is 8.16. The molecule has 0 radical (unpaired) electrons. The van der Waals surface area contributed by atoms with Crippen LogP contribution in [-0.2, 0) is 16.1 Å². The van der Waals surface area contributed by atoms with E-state index >= 15 is 0 Å². The van der Waals surface area contributed by atoms with Gasteiger partial charge in [-0.25, -0.2) is 14.2 Å². The Kier molecular flexibility index (Phi) is 8.67. The van der Waals surface area contributed by atoms with Gasteiger partial charge in [0.1, 0.15) is 28.5 Å². The van der Waals surface area contributed by atoms with Crippen LogP contribution in [0.2, 0.25) is 0 Å². The molecule has 10 nitrogen and oxygen atoms in total. The summed E-state index contributed by atoms with van der Waals surface area (Å²) in [6, 6.07) is 16.5. The van der Waals surface area contributed by atoms with Crippen molar-refractivity contribution >= 4 is 29.4 Å². The number of aromatic nitrogens is 1. The van der Waals surface area contributed by atoms with Crippen molar-refractivity contribution in [1.29, 1.82) is 0 Å². The molecule has 1 aliphatic carbocycles. The van der Waals surface area contributed by atoms with Crippen LogP contribution in [0.1, 0.15) is 31.2 Å². The Hall–Kier alpha value is -4.51. The molecule has 1 aromatic heterocycles. The fraction of sp³-hybridized carbons (Fsp3) is 0.355. The summed E-state index contributed by atoms with van der Waals surface area (Å²) >= 11 is 0. The maximum absolute atomic E-state index is 15.0. The highest BCUT2D eigenvalue weighted by Crippen LogP contribution is 2.47. The number of hydrogen-bond donors (Lipinski definition) is 3. The van der Waals surface area contributed by atoms with Crippen LogP contribution < -0.4 is 20.7 Å². The third kappa shape index (κ3) is 6.85. The molecule has 42 heavy (non-hydrogen) atoms. The van der Waals surface area contributed by atoms with Crippen molar-refractivity contribution in [2.24, 2.45) is 5.41 Å². The van der Waals surface area contributed by atoms with Crippen LogP contribution >= 0.6 is 0 Å². The van der Waals surface area contributed by atoms with Gasteiger partial charge >= 0.3 is 6.03 Å². The van der Waals surface area contributed by atoms with E-state index in [1.54, 1.807) is 24.1 Å². The van der Waals surface area contributed by atoms with Crippen LogP contribution in [0.15, 0.2) is 66.9 Å². The number of rotatable bonds is 9. The average Bonchev–Trinajstić information content (AvgIpc) is 3.80. The SMILES string of the molecule is CN1CCC(N(C)C(=O)Nc2cc(Oc3ccc(NC(=O)C4(C(=O)NCc5ccccc5)CC4)c(F)c3)ccn2)CC1. The van der Waals surface area contributed by atoms with Gasteiger partial charge in [0.2, 0.25) is 11.8 Å². The molecule has 0 spiro atoms. The number of amides is 4. The van der Waals surface area contributed by atoms with Gasteiger partial charge in [-0.2, -0.15) is 0 Å². The highest BCUT2D eigenvalue weighted by molar-refractivity contribution is 6.13. The van der Waals surface area contributed by atoms with Crippen LogP contribution in [0.3, 0.4) is 0 Å². The molecular weight excluding hydrogens is 539 g/mol. The number of nitrogens with one attached hydrogen (secondary N) is 3. The zero-order chi connectivity index (χ0) is 29.7. The van der Waals surface area contributed by atoms with Crippen molar-refractivity contribution in [3.05, 3.63) is 78.2 Å². The highest BCUT2D eigenvalue weighted by atomic mass is 19.1. The Labute approximate surface area is 244 Å². The average molecular weight is 575 g/mol. The van der Waals surface area contributed by atoms with Gasteiger partial charge in [0.05, 0.1) is 5.69 Å². The van der Waals surface area contributed by atoms with Gasteiger partial charge in [-0.15, -0.1) is 0 Å². The van der Waals surface area contributed by atoms with E-state index in [2.05, 4.69) is 32.9 Å². The van der Waals surface area contributed by atoms with Crippen LogP contribution in [0.4, 0.5) is 20.7 Å². The standard InChI is InChI=1S/C31H35FN6O4/c1-37-16-11-22(12-17-37)38(2)30(41)36-27-19-24(10-15-33-27)42-23-8-9-26(25(32)18-23)35-29(40)31(13-14-31)28(39)34-20-21-6-4-3-5-7-21/h3-10,15,18-19,22H,11-14,16-17,20H2,1-2H3,(H,34,39)(H,35,40)(H,33,36,41). The first kappa shape index (κ1) is 29.0. The van der Waals surface area contributed by atoms with Crippen molar-refractivity contribution in [2.45, 2.75) is 38.3 Å². The zero-order valence-corrected chi connectivity index (χ0v) is 23.7. The first-order valence-corrected chi connectivity index (χ1v) is 14.0. The molecule has 2 aromatic carbocycles. The zero-order valence-electron chi connectivity index (χ0n) is 23.7. The van der Waals surface area contributed by atoms with Crippen molar-refractivity contribution in [3.63, 3.8) is 0 Å². The van der Waals surface area contributed by atoms with E-state index in [4.69, 9.17) is 4.74 Å². The number of urea groups is 1. The number of anilines is 2. The lowest BCUT2D eigenvalue weighted by atomic mass is 10.0. The number of carbonyl (C=O) groups excluding carboxylic acids is 3. The van der Waals surface area contributed by atoms with Gasteiger partial charge in [0, 0.05) is 38.0 Å². The number of nitrogens with zero attached hydrogens (tertiary/aromatic N) is 3. The monoisotopic (exact) mass is 574 g/mol. The summed E-state index contributed by atoms with van der Waals surface area (Å²) in [4.78, 5) is 46.6. The van der Waals surface area contributed by atoms with Crippen LogP contribution in [-0.4, -0.2) is 65.9 Å². The summed E-state index contributed by atoms with van der Waals surface area (Å²) in [7, 11) is 3.84. The van der Waals surface area contributed by atoms with E-state index < -0.39 is 17.1 Å². The third-order valence-corrected chi connectivity index (χ3v) is 7.86. The summed E-state index contributed by atoms with van der Waals surface area (Å²) in [6.45, 7) is 2.19. The number of pyridine rings is 1. The molecule has 2 heterocycles. The molecule has 1 saturated carbocycles. The van der Waals surface area contributed by atoms with Crippen molar-refractivity contribution in [1.82, 2.24) is 20.1 Å². The second-order valence-corrected chi connectivity index (χ2v) is 10.9. The number of halogens is 1. The summed E-state index contributed by atoms with van der Waals surface area (Å²) in [5.74, 6) is -0.766. The molecule has 2 fully saturated rings. The van der Waals surface area contributed by atoms with E-state index in [1.165, 1.54) is 18.3 Å². The predicted molar refractivity (Wildman–Crippen MR) is 157 cm³/mol. The molecule has 5 rings (SSSR count). The molecule has 0 bridgehead atoms. The van der Waals surface area contributed by atoms with Crippen molar-refractivity contribution in [3.8, 4) is 11.5 Å². The molecular formula is C31H35FN6O4. The maximum atomic E-state index is 15.0. The largest absolute Gasteiger partial charge is 0.457 e. The Morgan fingerprint density at radius 2 is 1.71 bits per heavy atom. The van der Waals surface area contributed by atoms with E-state index in [9.17, 15) is 18.8 Å². The van der Waals surface area contributed by atoms with E-state index in [-0.39, 0.29) is 29.4 Å². The Bertz CT molecular complexity index is 1440. The number of likely N-dealkylation sites (tertiary alicyclic amines) is 1. The topological polar surface area (TPSA) is 116 Å². The molecule has 3 aromatic rings. The molecule has 1 saturated heterocycles. The normalized spacial score (nSPS) is 16.3. The first-order chi connectivity index (χ1) is 20.2. The highest BCUT2D eigenvalue weighted by Gasteiger charge is 2.56. The molecule has 11 heteroatoms. The molecule has 2 aliphatic rings. The molecule has 4 amide bonds. The van der Waals surface area contributed by atoms with Crippen molar-refractivity contribution < 1.29 is 23.5 Å². The fourth-order valence-corrected chi connectivity index (χ4v) is 4.96. The fourth-order valence-electron chi connectivity index (χ4n) is 4.96. The number of ether oxygens (including phenoxy) is 1. The van der Waals surface area contributed by atoms with Crippen molar-refractivity contribution in [2.75, 3.05) is 37.8 Å². The lowest BCUT2D eigenvalue weighted by molar-refractivity contribution is -0.134. The van der Waals surface area contributed by atoms with Crippen LogP contribution in [0.5, 0.6) is 11.5 Å². The molecule has 0 unspecified atom stereocenters. The minimum Gasteiger partial charge on any atom is -0.457 e. The minimum atomic E-state index is -1.20. The predicted octanol–water partition coefficient (Wildman–Crippen LogP) is 4.61. The van der Waals surface area contributed by atoms with E-state index in [0.717, 1.165) is 37.6 Å². The lowest BCUT2D eigenvalue weighted by Gasteiger charge is -2.34. The molecule has 0 atom stereocenters. The van der Waals surface area contributed by atoms with Gasteiger partial charge in [0.15, 0.2) is 0 Å². The molecule has 3 N–H and O–H groups in total. The Morgan fingerprint density at radius 3 is 2.40 bits per heavy atom. The summed E-state index contributed by atoms with van der Waals surface area (Å²) in [5.41, 5.74) is -0.322. The first-order valence-electron chi connectivity index (χ1n) is 14.0. The van der Waals surface area contributed by atoms with E-state index in [0.29, 0.717) is 31.0 Å². The van der Waals surface area contributed by atoms with Crippen LogP contribution in [0.25, 0.3) is 0 Å². The van der Waals surface area contributed by atoms with Gasteiger partial charge in [0.25, 0.3) is 0 Å². The second-order valence-electron chi connectivity index (χ2n) is 10.9.